The zero-order chi connectivity index (χ0) is 13.9. The summed E-state index contributed by atoms with van der Waals surface area (Å²) in [6, 6.07) is 5.89. The fraction of sp³-hybridized carbons (Fsp3) is 0.231. The minimum absolute atomic E-state index is 0.143. The Labute approximate surface area is 121 Å². The summed E-state index contributed by atoms with van der Waals surface area (Å²) in [6.45, 7) is 2.83. The van der Waals surface area contributed by atoms with Crippen molar-refractivity contribution in [3.63, 3.8) is 0 Å². The molecule has 6 nitrogen and oxygen atoms in total. The SMILES string of the molecule is CC(Cn1cccn1)n1c(-c2ccncc2)n[nH]c1=S. The summed E-state index contributed by atoms with van der Waals surface area (Å²) < 4.78 is 4.50. The van der Waals surface area contributed by atoms with Gasteiger partial charge in [-0.1, -0.05) is 0 Å². The fourth-order valence-electron chi connectivity index (χ4n) is 2.18. The lowest BCUT2D eigenvalue weighted by molar-refractivity contribution is 0.436. The molecule has 0 aromatic carbocycles. The van der Waals surface area contributed by atoms with Crippen LogP contribution < -0.4 is 0 Å². The van der Waals surface area contributed by atoms with Crippen molar-refractivity contribution in [3.05, 3.63) is 47.8 Å². The first-order valence-electron chi connectivity index (χ1n) is 6.30. The van der Waals surface area contributed by atoms with E-state index in [9.17, 15) is 0 Å². The predicted octanol–water partition coefficient (Wildman–Crippen LogP) is 2.46. The Bertz CT molecular complexity index is 728. The Morgan fingerprint density at radius 3 is 2.80 bits per heavy atom. The van der Waals surface area contributed by atoms with Gasteiger partial charge in [0.2, 0.25) is 0 Å². The van der Waals surface area contributed by atoms with E-state index in [0.29, 0.717) is 4.77 Å². The van der Waals surface area contributed by atoms with Crippen LogP contribution >= 0.6 is 12.2 Å². The molecule has 0 spiro atoms. The van der Waals surface area contributed by atoms with Crippen molar-refractivity contribution in [2.45, 2.75) is 19.5 Å². The molecule has 3 rings (SSSR count). The number of pyridine rings is 1. The van der Waals surface area contributed by atoms with E-state index in [1.54, 1.807) is 18.6 Å². The molecule has 0 aliphatic heterocycles. The van der Waals surface area contributed by atoms with Gasteiger partial charge in [-0.2, -0.15) is 10.2 Å². The first kappa shape index (κ1) is 12.7. The van der Waals surface area contributed by atoms with Crippen molar-refractivity contribution in [1.82, 2.24) is 29.5 Å². The highest BCUT2D eigenvalue weighted by Crippen LogP contribution is 2.21. The van der Waals surface area contributed by atoms with Gasteiger partial charge in [-0.05, 0) is 37.3 Å². The van der Waals surface area contributed by atoms with Crippen LogP contribution in [0.15, 0.2) is 43.0 Å². The zero-order valence-electron chi connectivity index (χ0n) is 11.0. The molecule has 7 heteroatoms. The molecular weight excluding hydrogens is 272 g/mol. The van der Waals surface area contributed by atoms with Crippen LogP contribution in [0.4, 0.5) is 0 Å². The van der Waals surface area contributed by atoms with Crippen LogP contribution in [0.25, 0.3) is 11.4 Å². The lowest BCUT2D eigenvalue weighted by atomic mass is 10.2. The molecule has 0 fully saturated rings. The molecular formula is C13H14N6S. The van der Waals surface area contributed by atoms with Crippen molar-refractivity contribution in [3.8, 4) is 11.4 Å². The quantitative estimate of drug-likeness (QED) is 0.748. The summed E-state index contributed by atoms with van der Waals surface area (Å²) in [5.41, 5.74) is 0.986. The molecule has 1 atom stereocenters. The first-order valence-corrected chi connectivity index (χ1v) is 6.71. The number of hydrogen-bond donors (Lipinski definition) is 1. The van der Waals surface area contributed by atoms with Crippen molar-refractivity contribution >= 4 is 12.2 Å². The smallest absolute Gasteiger partial charge is 0.195 e. The maximum Gasteiger partial charge on any atom is 0.195 e. The van der Waals surface area contributed by atoms with Gasteiger partial charge in [0, 0.05) is 30.4 Å². The van der Waals surface area contributed by atoms with Crippen molar-refractivity contribution in [1.29, 1.82) is 0 Å². The Morgan fingerprint density at radius 2 is 2.10 bits per heavy atom. The minimum atomic E-state index is 0.143. The summed E-state index contributed by atoms with van der Waals surface area (Å²) >= 11 is 5.34. The summed E-state index contributed by atoms with van der Waals surface area (Å²) in [4.78, 5) is 4.03. The highest BCUT2D eigenvalue weighted by molar-refractivity contribution is 7.71. The van der Waals surface area contributed by atoms with Gasteiger partial charge in [-0.15, -0.1) is 0 Å². The second kappa shape index (κ2) is 5.38. The molecule has 1 unspecified atom stereocenters. The molecule has 0 aliphatic rings. The average Bonchev–Trinajstić information content (AvgIpc) is 3.09. The molecule has 3 aromatic heterocycles. The topological polar surface area (TPSA) is 64.3 Å². The lowest BCUT2D eigenvalue weighted by Crippen LogP contribution is -2.14. The molecule has 1 N–H and O–H groups in total. The molecule has 3 aromatic rings. The highest BCUT2D eigenvalue weighted by Gasteiger charge is 2.15. The predicted molar refractivity (Wildman–Crippen MR) is 77.6 cm³/mol. The van der Waals surface area contributed by atoms with E-state index in [1.807, 2.05) is 33.6 Å². The van der Waals surface area contributed by atoms with Crippen molar-refractivity contribution < 1.29 is 0 Å². The summed E-state index contributed by atoms with van der Waals surface area (Å²) in [7, 11) is 0. The van der Waals surface area contributed by atoms with Crippen LogP contribution in [-0.2, 0) is 6.54 Å². The summed E-state index contributed by atoms with van der Waals surface area (Å²) in [5.74, 6) is 0.817. The number of rotatable bonds is 4. The van der Waals surface area contributed by atoms with E-state index in [4.69, 9.17) is 12.2 Å². The largest absolute Gasteiger partial charge is 0.295 e. The Morgan fingerprint density at radius 1 is 1.30 bits per heavy atom. The van der Waals surface area contributed by atoms with E-state index < -0.39 is 0 Å². The Balaban J connectivity index is 1.97. The first-order chi connectivity index (χ1) is 9.75. The number of H-pyrrole nitrogens is 1. The van der Waals surface area contributed by atoms with Crippen LogP contribution in [0.5, 0.6) is 0 Å². The van der Waals surface area contributed by atoms with Crippen LogP contribution in [-0.4, -0.2) is 29.5 Å². The standard InChI is InChI=1S/C13H14N6S/c1-10(9-18-8-2-5-15-18)19-12(16-17-13(19)20)11-3-6-14-7-4-11/h2-8,10H,9H2,1H3,(H,17,20). The Hall–Kier alpha value is -2.28. The fourth-order valence-corrected chi connectivity index (χ4v) is 2.49. The van der Waals surface area contributed by atoms with Gasteiger partial charge in [-0.3, -0.25) is 19.3 Å². The van der Waals surface area contributed by atoms with Gasteiger partial charge >= 0.3 is 0 Å². The maximum atomic E-state index is 5.34. The average molecular weight is 286 g/mol. The van der Waals surface area contributed by atoms with Crippen molar-refractivity contribution in [2.75, 3.05) is 0 Å². The zero-order valence-corrected chi connectivity index (χ0v) is 11.8. The minimum Gasteiger partial charge on any atom is -0.295 e. The molecule has 20 heavy (non-hydrogen) atoms. The molecule has 0 saturated heterocycles. The molecule has 0 bridgehead atoms. The van der Waals surface area contributed by atoms with Gasteiger partial charge in [0.15, 0.2) is 10.6 Å². The Kier molecular flexibility index (Phi) is 3.42. The number of hydrogen-bond acceptors (Lipinski definition) is 4. The number of aromatic nitrogens is 6. The third kappa shape index (κ3) is 2.39. The number of nitrogens with one attached hydrogen (secondary N) is 1. The summed E-state index contributed by atoms with van der Waals surface area (Å²) in [5, 5.41) is 11.4. The van der Waals surface area contributed by atoms with E-state index in [-0.39, 0.29) is 6.04 Å². The van der Waals surface area contributed by atoms with Crippen LogP contribution in [0.1, 0.15) is 13.0 Å². The molecule has 0 saturated carbocycles. The molecule has 0 radical (unpaired) electrons. The third-order valence-corrected chi connectivity index (χ3v) is 3.38. The maximum absolute atomic E-state index is 5.34. The van der Waals surface area contributed by atoms with Gasteiger partial charge in [-0.25, -0.2) is 0 Å². The molecule has 102 valence electrons. The molecule has 0 amide bonds. The van der Waals surface area contributed by atoms with Gasteiger partial charge in [0.1, 0.15) is 0 Å². The second-order valence-corrected chi connectivity index (χ2v) is 4.92. The molecule has 3 heterocycles. The van der Waals surface area contributed by atoms with E-state index in [0.717, 1.165) is 17.9 Å². The van der Waals surface area contributed by atoms with Crippen LogP contribution in [0.2, 0.25) is 0 Å². The van der Waals surface area contributed by atoms with Crippen LogP contribution in [0.3, 0.4) is 0 Å². The van der Waals surface area contributed by atoms with Gasteiger partial charge in [0.25, 0.3) is 0 Å². The number of nitrogens with zero attached hydrogens (tertiary/aromatic N) is 5. The van der Waals surface area contributed by atoms with E-state index in [2.05, 4.69) is 27.2 Å². The van der Waals surface area contributed by atoms with Gasteiger partial charge < -0.3 is 0 Å². The van der Waals surface area contributed by atoms with E-state index in [1.165, 1.54) is 0 Å². The third-order valence-electron chi connectivity index (χ3n) is 3.09. The van der Waals surface area contributed by atoms with Crippen LogP contribution in [0, 0.1) is 4.77 Å². The summed E-state index contributed by atoms with van der Waals surface area (Å²) in [6.07, 6.45) is 7.20. The second-order valence-electron chi connectivity index (χ2n) is 4.54. The molecule has 0 aliphatic carbocycles. The van der Waals surface area contributed by atoms with E-state index >= 15 is 0 Å². The van der Waals surface area contributed by atoms with Gasteiger partial charge in [0.05, 0.1) is 12.6 Å². The number of aromatic amines is 1. The monoisotopic (exact) mass is 286 g/mol. The normalized spacial score (nSPS) is 12.4. The van der Waals surface area contributed by atoms with Crippen molar-refractivity contribution in [2.24, 2.45) is 0 Å². The lowest BCUT2D eigenvalue weighted by Gasteiger charge is -2.15. The highest BCUT2D eigenvalue weighted by atomic mass is 32.1.